The van der Waals surface area contributed by atoms with E-state index < -0.39 is 0 Å². The molecule has 1 rings (SSSR count). The minimum atomic E-state index is -0.282. The lowest BCUT2D eigenvalue weighted by molar-refractivity contribution is -0.123. The van der Waals surface area contributed by atoms with Crippen LogP contribution in [0.15, 0.2) is 12.1 Å². The van der Waals surface area contributed by atoms with Gasteiger partial charge in [0, 0.05) is 18.7 Å². The highest BCUT2D eigenvalue weighted by Crippen LogP contribution is 2.33. The minimum Gasteiger partial charge on any atom is -0.482 e. The van der Waals surface area contributed by atoms with Crippen molar-refractivity contribution in [3.8, 4) is 5.75 Å². The molecule has 0 spiro atoms. The summed E-state index contributed by atoms with van der Waals surface area (Å²) < 4.78 is 5.25. The predicted molar refractivity (Wildman–Crippen MR) is 80.9 cm³/mol. The molecule has 0 unspecified atom stereocenters. The van der Waals surface area contributed by atoms with Gasteiger partial charge in [-0.3, -0.25) is 4.79 Å². The summed E-state index contributed by atoms with van der Waals surface area (Å²) in [5.74, 6) is 0.0247. The summed E-state index contributed by atoms with van der Waals surface area (Å²) in [5.41, 5.74) is 5.38. The maximum Gasteiger partial charge on any atom is 0.258 e. The Morgan fingerprint density at radius 2 is 1.89 bits per heavy atom. The van der Waals surface area contributed by atoms with Gasteiger partial charge in [-0.1, -0.05) is 34.8 Å². The monoisotopic (exact) mass is 346 g/mol. The van der Waals surface area contributed by atoms with Gasteiger partial charge in [-0.25, -0.2) is 0 Å². The van der Waals surface area contributed by atoms with E-state index in [9.17, 15) is 4.79 Å². The van der Waals surface area contributed by atoms with Crippen molar-refractivity contribution in [3.05, 3.63) is 27.2 Å². The molecule has 8 heteroatoms. The molecule has 0 fully saturated rings. The predicted octanol–water partition coefficient (Wildman–Crippen LogP) is 2.91. The fraction of sp³-hybridized carbons (Fsp3) is 0.364. The van der Waals surface area contributed by atoms with Gasteiger partial charge in [0.15, 0.2) is 6.61 Å². The van der Waals surface area contributed by atoms with Gasteiger partial charge in [-0.2, -0.15) is 0 Å². The van der Waals surface area contributed by atoms with Gasteiger partial charge in [0.1, 0.15) is 5.75 Å². The molecule has 0 saturated carbocycles. The van der Waals surface area contributed by atoms with Gasteiger partial charge >= 0.3 is 0 Å². The molecule has 108 valence electrons. The highest BCUT2D eigenvalue weighted by molar-refractivity contribution is 6.43. The molecule has 0 radical (unpaired) electrons. The first kappa shape index (κ1) is 18.6. The van der Waals surface area contributed by atoms with Crippen LogP contribution in [-0.4, -0.2) is 25.1 Å². The quantitative estimate of drug-likeness (QED) is 0.805. The number of ether oxygens (including phenoxy) is 1. The molecular formula is C11H14Cl4N2O2. The molecule has 3 N–H and O–H groups in total. The second-order valence-corrected chi connectivity index (χ2v) is 4.91. The summed E-state index contributed by atoms with van der Waals surface area (Å²) >= 11 is 17.5. The van der Waals surface area contributed by atoms with Crippen LogP contribution >= 0.6 is 47.2 Å². The number of hydrogen-bond donors (Lipinski definition) is 2. The van der Waals surface area contributed by atoms with Crippen LogP contribution in [0, 0.1) is 0 Å². The number of nitrogens with two attached hydrogens (primary N) is 1. The number of carbonyl (C=O) groups excluding carboxylic acids is 1. The topological polar surface area (TPSA) is 64.3 Å². The van der Waals surface area contributed by atoms with Crippen molar-refractivity contribution in [1.29, 1.82) is 0 Å². The second-order valence-electron chi connectivity index (χ2n) is 3.69. The largest absolute Gasteiger partial charge is 0.482 e. The van der Waals surface area contributed by atoms with E-state index in [0.717, 1.165) is 0 Å². The lowest BCUT2D eigenvalue weighted by atomic mass is 10.3. The number of carbonyl (C=O) groups is 1. The normalized spacial score (nSPS) is 11.4. The molecule has 1 atom stereocenters. The average Bonchev–Trinajstić information content (AvgIpc) is 2.32. The zero-order valence-corrected chi connectivity index (χ0v) is 13.2. The molecule has 1 aromatic rings. The Labute approximate surface area is 132 Å². The molecule has 0 saturated heterocycles. The molecule has 4 nitrogen and oxygen atoms in total. The molecule has 1 amide bonds. The van der Waals surface area contributed by atoms with E-state index in [1.165, 1.54) is 12.1 Å². The number of hydrogen-bond acceptors (Lipinski definition) is 3. The Morgan fingerprint density at radius 1 is 1.32 bits per heavy atom. The van der Waals surface area contributed by atoms with Crippen LogP contribution in [0.5, 0.6) is 5.75 Å². The molecule has 0 aromatic heterocycles. The van der Waals surface area contributed by atoms with Crippen LogP contribution in [-0.2, 0) is 4.79 Å². The minimum absolute atomic E-state index is 0. The van der Waals surface area contributed by atoms with Crippen LogP contribution in [0.4, 0.5) is 0 Å². The van der Waals surface area contributed by atoms with Crippen molar-refractivity contribution in [1.82, 2.24) is 5.32 Å². The first-order valence-electron chi connectivity index (χ1n) is 5.20. The van der Waals surface area contributed by atoms with Crippen molar-refractivity contribution in [3.63, 3.8) is 0 Å². The maximum atomic E-state index is 11.5. The summed E-state index contributed by atoms with van der Waals surface area (Å²) in [6.07, 6.45) is 0. The molecule has 0 bridgehead atoms. The fourth-order valence-electron chi connectivity index (χ4n) is 1.13. The summed E-state index contributed by atoms with van der Waals surface area (Å²) in [6.45, 7) is 1.99. The second kappa shape index (κ2) is 8.72. The Morgan fingerprint density at radius 3 is 2.47 bits per heavy atom. The van der Waals surface area contributed by atoms with E-state index in [-0.39, 0.29) is 31.0 Å². The van der Waals surface area contributed by atoms with Gasteiger partial charge in [0.25, 0.3) is 5.91 Å². The average molecular weight is 348 g/mol. The summed E-state index contributed by atoms with van der Waals surface area (Å²) in [7, 11) is 0. The molecule has 0 aliphatic rings. The number of benzene rings is 1. The molecule has 0 heterocycles. The zero-order valence-electron chi connectivity index (χ0n) is 10.1. The van der Waals surface area contributed by atoms with Crippen LogP contribution in [0.2, 0.25) is 15.1 Å². The highest BCUT2D eigenvalue weighted by Gasteiger charge is 2.10. The third-order valence-electron chi connectivity index (χ3n) is 2.09. The van der Waals surface area contributed by atoms with Gasteiger partial charge in [-0.05, 0) is 13.0 Å². The summed E-state index contributed by atoms with van der Waals surface area (Å²) in [4.78, 5) is 11.5. The zero-order chi connectivity index (χ0) is 13.7. The molecule has 1 aromatic carbocycles. The van der Waals surface area contributed by atoms with Gasteiger partial charge in [-0.15, -0.1) is 12.4 Å². The Kier molecular flexibility index (Phi) is 8.54. The van der Waals surface area contributed by atoms with Crippen LogP contribution in [0.25, 0.3) is 0 Å². The maximum absolute atomic E-state index is 11.5. The van der Waals surface area contributed by atoms with E-state index >= 15 is 0 Å². The van der Waals surface area contributed by atoms with E-state index in [2.05, 4.69) is 5.32 Å². The van der Waals surface area contributed by atoms with Crippen molar-refractivity contribution < 1.29 is 9.53 Å². The van der Waals surface area contributed by atoms with Crippen LogP contribution in [0.1, 0.15) is 6.92 Å². The van der Waals surface area contributed by atoms with Crippen molar-refractivity contribution in [2.75, 3.05) is 13.2 Å². The number of halogens is 4. The summed E-state index contributed by atoms with van der Waals surface area (Å²) in [5, 5.41) is 3.59. The van der Waals surface area contributed by atoms with Crippen molar-refractivity contribution in [2.24, 2.45) is 5.73 Å². The fourth-order valence-corrected chi connectivity index (χ4v) is 1.73. The molecule has 0 aliphatic heterocycles. The Balaban J connectivity index is 0.00000324. The standard InChI is InChI=1S/C11H13Cl3N2O2.ClH/c1-6(4-15)16-11(17)5-18-10-3-8(13)7(12)2-9(10)14;/h2-3,6H,4-5,15H2,1H3,(H,16,17);1H/t6-;/m0./s1. The van der Waals surface area contributed by atoms with E-state index in [1.807, 2.05) is 0 Å². The van der Waals surface area contributed by atoms with E-state index in [4.69, 9.17) is 45.3 Å². The van der Waals surface area contributed by atoms with Crippen molar-refractivity contribution in [2.45, 2.75) is 13.0 Å². The number of rotatable bonds is 5. The first-order chi connectivity index (χ1) is 8.43. The summed E-state index contributed by atoms with van der Waals surface area (Å²) in [6, 6.07) is 2.82. The van der Waals surface area contributed by atoms with Crippen LogP contribution in [0.3, 0.4) is 0 Å². The van der Waals surface area contributed by atoms with E-state index in [1.54, 1.807) is 6.92 Å². The Bertz CT molecular complexity index is 443. The first-order valence-corrected chi connectivity index (χ1v) is 6.34. The number of amides is 1. The Hall–Kier alpha value is -0.390. The van der Waals surface area contributed by atoms with Gasteiger partial charge in [0.2, 0.25) is 0 Å². The smallest absolute Gasteiger partial charge is 0.258 e. The third kappa shape index (κ3) is 6.06. The van der Waals surface area contributed by atoms with Gasteiger partial charge < -0.3 is 15.8 Å². The number of nitrogens with one attached hydrogen (secondary N) is 1. The molecule has 19 heavy (non-hydrogen) atoms. The molecular weight excluding hydrogens is 334 g/mol. The van der Waals surface area contributed by atoms with Gasteiger partial charge in [0.05, 0.1) is 15.1 Å². The highest BCUT2D eigenvalue weighted by atomic mass is 35.5. The molecule has 0 aliphatic carbocycles. The van der Waals surface area contributed by atoms with Crippen molar-refractivity contribution >= 4 is 53.1 Å². The SMILES string of the molecule is C[C@@H](CN)NC(=O)COc1cc(Cl)c(Cl)cc1Cl.Cl. The lowest BCUT2D eigenvalue weighted by Crippen LogP contribution is -2.40. The van der Waals surface area contributed by atoms with E-state index in [0.29, 0.717) is 27.4 Å². The third-order valence-corrected chi connectivity index (χ3v) is 3.11. The lowest BCUT2D eigenvalue weighted by Gasteiger charge is -2.13. The van der Waals surface area contributed by atoms with Crippen LogP contribution < -0.4 is 15.8 Å².